The van der Waals surface area contributed by atoms with Crippen molar-refractivity contribution in [3.63, 3.8) is 0 Å². The highest BCUT2D eigenvalue weighted by Crippen LogP contribution is 2.31. The first-order valence-electron chi connectivity index (χ1n) is 5.12. The van der Waals surface area contributed by atoms with Crippen LogP contribution in [0, 0.1) is 11.8 Å². The molecule has 3 heteroatoms. The third-order valence-corrected chi connectivity index (χ3v) is 2.83. The third-order valence-electron chi connectivity index (χ3n) is 2.83. The average Bonchev–Trinajstić information content (AvgIpc) is 2.78. The molecule has 1 aliphatic heterocycles. The van der Waals surface area contributed by atoms with Gasteiger partial charge in [0.15, 0.2) is 0 Å². The van der Waals surface area contributed by atoms with Gasteiger partial charge in [0.25, 0.3) is 0 Å². The normalized spacial score (nSPS) is 28.4. The fraction of sp³-hybridized carbons (Fsp3) is 0.900. The van der Waals surface area contributed by atoms with Crippen LogP contribution >= 0.6 is 0 Å². The zero-order chi connectivity index (χ0) is 9.42. The summed E-state index contributed by atoms with van der Waals surface area (Å²) in [7, 11) is 0. The van der Waals surface area contributed by atoms with E-state index in [0.29, 0.717) is 5.92 Å². The van der Waals surface area contributed by atoms with Crippen molar-refractivity contribution in [2.24, 2.45) is 11.8 Å². The highest BCUT2D eigenvalue weighted by molar-refractivity contribution is 5.69. The van der Waals surface area contributed by atoms with Crippen molar-refractivity contribution in [3.05, 3.63) is 0 Å². The van der Waals surface area contributed by atoms with E-state index in [1.807, 2.05) is 4.90 Å². The smallest absolute Gasteiger partial charge is 0.410 e. The average molecular weight is 183 g/mol. The summed E-state index contributed by atoms with van der Waals surface area (Å²) in [6.45, 7) is 5.91. The maximum absolute atomic E-state index is 11.4. The van der Waals surface area contributed by atoms with Crippen LogP contribution in [0.1, 0.15) is 26.7 Å². The highest BCUT2D eigenvalue weighted by atomic mass is 16.6. The third kappa shape index (κ3) is 1.95. The fourth-order valence-corrected chi connectivity index (χ4v) is 1.64. The van der Waals surface area contributed by atoms with Gasteiger partial charge in [0.2, 0.25) is 0 Å². The van der Waals surface area contributed by atoms with Crippen molar-refractivity contribution in [1.29, 1.82) is 0 Å². The van der Waals surface area contributed by atoms with E-state index in [2.05, 4.69) is 13.8 Å². The molecule has 1 amide bonds. The molecule has 0 unspecified atom stereocenters. The lowest BCUT2D eigenvalue weighted by Gasteiger charge is -2.13. The first-order valence-corrected chi connectivity index (χ1v) is 5.12. The summed E-state index contributed by atoms with van der Waals surface area (Å²) in [5.74, 6) is 1.20. The molecule has 2 rings (SSSR count). The SMILES string of the molecule is CC(C)[C@@H]1CN(CC2CC2)C(=O)O1. The zero-order valence-electron chi connectivity index (χ0n) is 8.32. The predicted octanol–water partition coefficient (Wildman–Crippen LogP) is 1.87. The van der Waals surface area contributed by atoms with Crippen LogP contribution in [0.15, 0.2) is 0 Å². The van der Waals surface area contributed by atoms with Gasteiger partial charge in [-0.2, -0.15) is 0 Å². The quantitative estimate of drug-likeness (QED) is 0.668. The van der Waals surface area contributed by atoms with Crippen LogP contribution in [0.3, 0.4) is 0 Å². The van der Waals surface area contributed by atoms with Crippen LogP contribution in [0.5, 0.6) is 0 Å². The van der Waals surface area contributed by atoms with Crippen LogP contribution in [0.4, 0.5) is 4.79 Å². The minimum absolute atomic E-state index is 0.106. The van der Waals surface area contributed by atoms with Crippen molar-refractivity contribution in [2.75, 3.05) is 13.1 Å². The first kappa shape index (κ1) is 8.85. The van der Waals surface area contributed by atoms with Crippen LogP contribution in [-0.4, -0.2) is 30.2 Å². The number of rotatable bonds is 3. The zero-order valence-corrected chi connectivity index (χ0v) is 8.32. The van der Waals surface area contributed by atoms with Crippen LogP contribution in [-0.2, 0) is 4.74 Å². The Hall–Kier alpha value is -0.730. The van der Waals surface area contributed by atoms with E-state index in [1.165, 1.54) is 12.8 Å². The number of carbonyl (C=O) groups is 1. The Kier molecular flexibility index (Phi) is 2.18. The molecule has 74 valence electrons. The molecule has 1 heterocycles. The summed E-state index contributed by atoms with van der Waals surface area (Å²) in [5.41, 5.74) is 0. The summed E-state index contributed by atoms with van der Waals surface area (Å²) in [6, 6.07) is 0. The number of nitrogens with zero attached hydrogens (tertiary/aromatic N) is 1. The topological polar surface area (TPSA) is 29.5 Å². The Morgan fingerprint density at radius 2 is 2.23 bits per heavy atom. The Labute approximate surface area is 79.0 Å². The van der Waals surface area contributed by atoms with Gasteiger partial charge in [-0.1, -0.05) is 13.8 Å². The molecule has 0 radical (unpaired) electrons. The molecular formula is C10H17NO2. The Morgan fingerprint density at radius 3 is 2.69 bits per heavy atom. The number of cyclic esters (lactones) is 1. The number of carbonyl (C=O) groups excluding carboxylic acids is 1. The number of hydrogen-bond donors (Lipinski definition) is 0. The van der Waals surface area contributed by atoms with Crippen molar-refractivity contribution in [3.8, 4) is 0 Å². The van der Waals surface area contributed by atoms with E-state index in [0.717, 1.165) is 19.0 Å². The molecule has 1 atom stereocenters. The molecule has 0 bridgehead atoms. The Bertz CT molecular complexity index is 211. The van der Waals surface area contributed by atoms with Crippen molar-refractivity contribution in [2.45, 2.75) is 32.8 Å². The van der Waals surface area contributed by atoms with Crippen LogP contribution in [0.2, 0.25) is 0 Å². The lowest BCUT2D eigenvalue weighted by molar-refractivity contribution is 0.112. The first-order chi connectivity index (χ1) is 6.16. The fourth-order valence-electron chi connectivity index (χ4n) is 1.64. The van der Waals surface area contributed by atoms with E-state index >= 15 is 0 Å². The molecular weight excluding hydrogens is 166 g/mol. The van der Waals surface area contributed by atoms with E-state index in [1.54, 1.807) is 0 Å². The van der Waals surface area contributed by atoms with Crippen LogP contribution < -0.4 is 0 Å². The Balaban J connectivity index is 1.87. The Morgan fingerprint density at radius 1 is 1.54 bits per heavy atom. The van der Waals surface area contributed by atoms with Gasteiger partial charge in [-0.05, 0) is 24.7 Å². The lowest BCUT2D eigenvalue weighted by atomic mass is 10.1. The summed E-state index contributed by atoms with van der Waals surface area (Å²) >= 11 is 0. The summed E-state index contributed by atoms with van der Waals surface area (Å²) in [6.07, 6.45) is 2.59. The molecule has 13 heavy (non-hydrogen) atoms. The molecule has 1 saturated carbocycles. The van der Waals surface area contributed by atoms with Gasteiger partial charge >= 0.3 is 6.09 Å². The summed E-state index contributed by atoms with van der Waals surface area (Å²) in [4.78, 5) is 13.2. The van der Waals surface area contributed by atoms with Gasteiger partial charge in [-0.3, -0.25) is 0 Å². The van der Waals surface area contributed by atoms with Gasteiger partial charge in [0, 0.05) is 6.54 Å². The second-order valence-electron chi connectivity index (χ2n) is 4.51. The molecule has 1 aliphatic carbocycles. The summed E-state index contributed by atoms with van der Waals surface area (Å²) < 4.78 is 5.25. The molecule has 2 aliphatic rings. The van der Waals surface area contributed by atoms with Gasteiger partial charge < -0.3 is 9.64 Å². The van der Waals surface area contributed by atoms with Crippen molar-refractivity contribution >= 4 is 6.09 Å². The van der Waals surface area contributed by atoms with E-state index in [4.69, 9.17) is 4.74 Å². The lowest BCUT2D eigenvalue weighted by Crippen LogP contribution is -2.28. The molecule has 2 fully saturated rings. The van der Waals surface area contributed by atoms with E-state index in [9.17, 15) is 4.79 Å². The van der Waals surface area contributed by atoms with Gasteiger partial charge in [0.1, 0.15) is 6.10 Å². The minimum Gasteiger partial charge on any atom is -0.444 e. The predicted molar refractivity (Wildman–Crippen MR) is 49.4 cm³/mol. The molecule has 0 aromatic rings. The van der Waals surface area contributed by atoms with Gasteiger partial charge in [-0.25, -0.2) is 4.79 Å². The minimum atomic E-state index is -0.106. The number of hydrogen-bond acceptors (Lipinski definition) is 2. The summed E-state index contributed by atoms with van der Waals surface area (Å²) in [5, 5.41) is 0. The van der Waals surface area contributed by atoms with Gasteiger partial charge in [0.05, 0.1) is 6.54 Å². The van der Waals surface area contributed by atoms with Crippen molar-refractivity contribution < 1.29 is 9.53 Å². The molecule has 0 aromatic heterocycles. The maximum atomic E-state index is 11.4. The van der Waals surface area contributed by atoms with Crippen LogP contribution in [0.25, 0.3) is 0 Å². The van der Waals surface area contributed by atoms with Crippen molar-refractivity contribution in [1.82, 2.24) is 4.90 Å². The second kappa shape index (κ2) is 3.20. The van der Waals surface area contributed by atoms with Gasteiger partial charge in [-0.15, -0.1) is 0 Å². The number of ether oxygens (including phenoxy) is 1. The monoisotopic (exact) mass is 183 g/mol. The second-order valence-corrected chi connectivity index (χ2v) is 4.51. The highest BCUT2D eigenvalue weighted by Gasteiger charge is 2.36. The maximum Gasteiger partial charge on any atom is 0.410 e. The molecule has 3 nitrogen and oxygen atoms in total. The molecule has 0 spiro atoms. The standard InChI is InChI=1S/C10H17NO2/c1-7(2)9-6-11(10(12)13-9)5-8-3-4-8/h7-9H,3-6H2,1-2H3/t9-/m0/s1. The largest absolute Gasteiger partial charge is 0.444 e. The molecule has 1 saturated heterocycles. The number of amides is 1. The molecule has 0 aromatic carbocycles. The van der Waals surface area contributed by atoms with E-state index < -0.39 is 0 Å². The van der Waals surface area contributed by atoms with E-state index in [-0.39, 0.29) is 12.2 Å². The molecule has 0 N–H and O–H groups in total.